The summed E-state index contributed by atoms with van der Waals surface area (Å²) in [6.45, 7) is 2.49. The maximum Gasteiger partial charge on any atom is 0.363 e. The number of rotatable bonds is 3. The molecule has 0 bridgehead atoms. The van der Waals surface area contributed by atoms with Crippen molar-refractivity contribution in [2.24, 2.45) is 11.5 Å². The maximum atomic E-state index is 11.1. The van der Waals surface area contributed by atoms with E-state index in [2.05, 4.69) is 0 Å². The second-order valence-electron chi connectivity index (χ2n) is 2.36. The van der Waals surface area contributed by atoms with Crippen LogP contribution in [0.3, 0.4) is 0 Å². The molecule has 0 rings (SSSR count). The SMILES string of the molecule is CCCCOC(=O)S(C)=C(N)N. The number of carbonyl (C=O) groups is 1. The Kier molecular flexibility index (Phi) is 5.96. The molecule has 0 aliphatic rings. The number of carbonyl (C=O) groups excluding carboxylic acids is 1. The van der Waals surface area contributed by atoms with E-state index in [9.17, 15) is 4.79 Å². The standard InChI is InChI=1S/C7H16N2O2S/c1-3-4-5-11-7(10)12(2)6(8)9/h3-5,8-9H2,1-2H3. The summed E-state index contributed by atoms with van der Waals surface area (Å²) >= 11 is 0. The second kappa shape index (κ2) is 6.16. The minimum absolute atomic E-state index is 0.136. The average Bonchev–Trinajstić information content (AvgIpc) is 2.03. The van der Waals surface area contributed by atoms with Crippen LogP contribution >= 0.6 is 10.5 Å². The molecule has 0 saturated carbocycles. The molecule has 0 heterocycles. The number of nitrogens with two attached hydrogens (primary N) is 2. The van der Waals surface area contributed by atoms with E-state index in [0.717, 1.165) is 12.8 Å². The minimum atomic E-state index is -0.759. The molecule has 0 aromatic rings. The van der Waals surface area contributed by atoms with Gasteiger partial charge in [0.05, 0.1) is 11.7 Å². The Morgan fingerprint density at radius 1 is 1.50 bits per heavy atom. The van der Waals surface area contributed by atoms with Gasteiger partial charge in [-0.3, -0.25) is 11.5 Å². The van der Waals surface area contributed by atoms with Crippen LogP contribution in [0, 0.1) is 0 Å². The summed E-state index contributed by atoms with van der Waals surface area (Å²) in [5.41, 5.74) is 10.5. The van der Waals surface area contributed by atoms with E-state index in [0.29, 0.717) is 6.61 Å². The summed E-state index contributed by atoms with van der Waals surface area (Å²) in [7, 11) is -0.759. The van der Waals surface area contributed by atoms with Gasteiger partial charge in [0.2, 0.25) is 0 Å². The monoisotopic (exact) mass is 192 g/mol. The van der Waals surface area contributed by atoms with E-state index in [-0.39, 0.29) is 10.4 Å². The minimum Gasteiger partial charge on any atom is -0.458 e. The van der Waals surface area contributed by atoms with Gasteiger partial charge in [-0.25, -0.2) is 4.79 Å². The van der Waals surface area contributed by atoms with E-state index in [1.807, 2.05) is 6.92 Å². The lowest BCUT2D eigenvalue weighted by atomic mass is 10.4. The number of unbranched alkanes of at least 4 members (excludes halogenated alkanes) is 1. The van der Waals surface area contributed by atoms with Gasteiger partial charge in [-0.1, -0.05) is 23.8 Å². The van der Waals surface area contributed by atoms with Gasteiger partial charge in [0.1, 0.15) is 0 Å². The molecular weight excluding hydrogens is 176 g/mol. The van der Waals surface area contributed by atoms with Crippen LogP contribution in [-0.4, -0.2) is 23.3 Å². The molecule has 1 atom stereocenters. The second-order valence-corrected chi connectivity index (χ2v) is 4.19. The van der Waals surface area contributed by atoms with Gasteiger partial charge in [0.15, 0.2) is 0 Å². The van der Waals surface area contributed by atoms with Crippen molar-refractivity contribution in [2.75, 3.05) is 12.9 Å². The molecule has 0 fully saturated rings. The Morgan fingerprint density at radius 2 is 2.08 bits per heavy atom. The Morgan fingerprint density at radius 3 is 2.50 bits per heavy atom. The molecular formula is C7H16N2O2S. The van der Waals surface area contributed by atoms with Crippen LogP contribution in [0.25, 0.3) is 0 Å². The highest BCUT2D eigenvalue weighted by Gasteiger charge is 2.05. The summed E-state index contributed by atoms with van der Waals surface area (Å²) in [5, 5.41) is -0.181. The smallest absolute Gasteiger partial charge is 0.363 e. The fraction of sp³-hybridized carbons (Fsp3) is 0.714. The average molecular weight is 192 g/mol. The first-order chi connectivity index (χ1) is 5.59. The highest BCUT2D eigenvalue weighted by Crippen LogP contribution is 2.10. The Hall–Kier alpha value is -0.390. The molecule has 0 saturated heterocycles. The third-order valence-corrected chi connectivity index (χ3v) is 2.65. The highest BCUT2D eigenvalue weighted by molar-refractivity contribution is 8.27. The van der Waals surface area contributed by atoms with Crippen molar-refractivity contribution >= 4 is 20.9 Å². The van der Waals surface area contributed by atoms with Crippen molar-refractivity contribution in [3.63, 3.8) is 0 Å². The topological polar surface area (TPSA) is 78.3 Å². The first kappa shape index (κ1) is 11.6. The van der Waals surface area contributed by atoms with Crippen molar-refractivity contribution < 1.29 is 9.53 Å². The molecule has 0 aromatic heterocycles. The molecule has 0 amide bonds. The summed E-state index contributed by atoms with van der Waals surface area (Å²) in [6, 6.07) is 0. The molecule has 5 heteroatoms. The quantitative estimate of drug-likeness (QED) is 0.394. The zero-order valence-electron chi connectivity index (χ0n) is 7.50. The van der Waals surface area contributed by atoms with Crippen LogP contribution < -0.4 is 11.5 Å². The molecule has 0 aliphatic carbocycles. The normalized spacial score (nSPS) is 12.3. The lowest BCUT2D eigenvalue weighted by molar-refractivity contribution is 0.173. The van der Waals surface area contributed by atoms with E-state index >= 15 is 0 Å². The Balaban J connectivity index is 3.81. The fourth-order valence-corrected chi connectivity index (χ4v) is 0.937. The maximum absolute atomic E-state index is 11.1. The van der Waals surface area contributed by atoms with E-state index in [1.54, 1.807) is 6.26 Å². The zero-order chi connectivity index (χ0) is 9.56. The molecule has 4 N–H and O–H groups in total. The number of ether oxygens (including phenoxy) is 1. The van der Waals surface area contributed by atoms with Crippen molar-refractivity contribution in [2.45, 2.75) is 19.8 Å². The largest absolute Gasteiger partial charge is 0.458 e. The van der Waals surface area contributed by atoms with Crippen molar-refractivity contribution in [3.05, 3.63) is 0 Å². The van der Waals surface area contributed by atoms with Crippen LogP contribution in [0.15, 0.2) is 0 Å². The Bertz CT molecular complexity index is 188. The zero-order valence-corrected chi connectivity index (χ0v) is 8.32. The summed E-state index contributed by atoms with van der Waals surface area (Å²) < 4.78 is 4.90. The molecule has 0 radical (unpaired) electrons. The summed E-state index contributed by atoms with van der Waals surface area (Å²) in [4.78, 5) is 11.1. The van der Waals surface area contributed by atoms with E-state index in [1.165, 1.54) is 0 Å². The first-order valence-electron chi connectivity index (χ1n) is 3.80. The molecule has 0 aliphatic heterocycles. The highest BCUT2D eigenvalue weighted by atomic mass is 32.2. The molecule has 72 valence electrons. The lowest BCUT2D eigenvalue weighted by Crippen LogP contribution is -2.24. The van der Waals surface area contributed by atoms with Gasteiger partial charge in [-0.15, -0.1) is 0 Å². The van der Waals surface area contributed by atoms with Crippen LogP contribution in [0.5, 0.6) is 0 Å². The van der Waals surface area contributed by atoms with Gasteiger partial charge in [0, 0.05) is 0 Å². The van der Waals surface area contributed by atoms with Crippen LogP contribution in [0.2, 0.25) is 0 Å². The van der Waals surface area contributed by atoms with Crippen molar-refractivity contribution in [3.8, 4) is 0 Å². The third kappa shape index (κ3) is 4.48. The third-order valence-electron chi connectivity index (χ3n) is 1.32. The summed E-state index contributed by atoms with van der Waals surface area (Å²) in [5.74, 6) is 0. The molecule has 0 spiro atoms. The number of hydrogen-bond donors (Lipinski definition) is 2. The van der Waals surface area contributed by atoms with Crippen LogP contribution in [-0.2, 0) is 4.74 Å². The molecule has 4 nitrogen and oxygen atoms in total. The van der Waals surface area contributed by atoms with Gasteiger partial charge >= 0.3 is 5.30 Å². The predicted molar refractivity (Wildman–Crippen MR) is 53.2 cm³/mol. The fourth-order valence-electron chi connectivity index (χ4n) is 0.484. The number of hydrogen-bond acceptors (Lipinski definition) is 2. The van der Waals surface area contributed by atoms with Crippen LogP contribution in [0.1, 0.15) is 19.8 Å². The van der Waals surface area contributed by atoms with Crippen LogP contribution in [0.4, 0.5) is 4.79 Å². The summed E-state index contributed by atoms with van der Waals surface area (Å²) in [6.07, 6.45) is 3.55. The van der Waals surface area contributed by atoms with E-state index in [4.69, 9.17) is 16.2 Å². The van der Waals surface area contributed by atoms with Crippen molar-refractivity contribution in [1.29, 1.82) is 0 Å². The molecule has 12 heavy (non-hydrogen) atoms. The Labute approximate surface area is 75.2 Å². The van der Waals surface area contributed by atoms with Gasteiger partial charge in [-0.05, 0) is 12.7 Å². The molecule has 0 aromatic carbocycles. The van der Waals surface area contributed by atoms with Crippen molar-refractivity contribution in [1.82, 2.24) is 0 Å². The van der Waals surface area contributed by atoms with Gasteiger partial charge in [0.25, 0.3) is 0 Å². The predicted octanol–water partition coefficient (Wildman–Crippen LogP) is 0.827. The van der Waals surface area contributed by atoms with E-state index < -0.39 is 10.5 Å². The van der Waals surface area contributed by atoms with Gasteiger partial charge < -0.3 is 4.74 Å². The van der Waals surface area contributed by atoms with Gasteiger partial charge in [-0.2, -0.15) is 0 Å². The lowest BCUT2D eigenvalue weighted by Gasteiger charge is -2.05. The first-order valence-corrected chi connectivity index (χ1v) is 5.43. The molecule has 1 unspecified atom stereocenters.